The fourth-order valence-electron chi connectivity index (χ4n) is 2.21. The molecule has 2 aromatic rings. The Hall–Kier alpha value is -3.02. The highest BCUT2D eigenvalue weighted by molar-refractivity contribution is 6.00. The minimum absolute atomic E-state index is 0.0218. The van der Waals surface area contributed by atoms with Gasteiger partial charge in [-0.25, -0.2) is 4.79 Å². The van der Waals surface area contributed by atoms with E-state index in [0.29, 0.717) is 35.2 Å². The lowest BCUT2D eigenvalue weighted by molar-refractivity contribution is -0.116. The quantitative estimate of drug-likeness (QED) is 0.732. The first-order chi connectivity index (χ1) is 12.0. The number of amides is 3. The summed E-state index contributed by atoms with van der Waals surface area (Å²) >= 11 is 0. The largest absolute Gasteiger partial charge is 0.497 e. The molecule has 0 saturated heterocycles. The van der Waals surface area contributed by atoms with E-state index < -0.39 is 0 Å². The fraction of sp³-hybridized carbons (Fsp3) is 0.263. The number of hydrogen-bond acceptors (Lipinski definition) is 3. The van der Waals surface area contributed by atoms with Crippen molar-refractivity contribution in [3.8, 4) is 5.75 Å². The number of benzene rings is 2. The molecule has 0 saturated carbocycles. The van der Waals surface area contributed by atoms with Gasteiger partial charge in [0.05, 0.1) is 7.11 Å². The molecule has 0 radical (unpaired) electrons. The number of nitrogens with one attached hydrogen (secondary N) is 3. The molecule has 132 valence electrons. The average Bonchev–Trinajstić information content (AvgIpc) is 2.56. The van der Waals surface area contributed by atoms with E-state index in [0.717, 1.165) is 0 Å². The highest BCUT2D eigenvalue weighted by Crippen LogP contribution is 2.18. The number of ether oxygens (including phenoxy) is 1. The third kappa shape index (κ3) is 6.18. The number of urea groups is 1. The second kappa shape index (κ2) is 8.73. The second-order valence-electron chi connectivity index (χ2n) is 6.03. The number of carbonyl (C=O) groups is 2. The van der Waals surface area contributed by atoms with Crippen LogP contribution in [0.1, 0.15) is 20.3 Å². The van der Waals surface area contributed by atoms with E-state index in [1.165, 1.54) is 0 Å². The molecule has 0 fully saturated rings. The van der Waals surface area contributed by atoms with E-state index in [-0.39, 0.29) is 11.9 Å². The fourth-order valence-corrected chi connectivity index (χ4v) is 2.21. The van der Waals surface area contributed by atoms with E-state index in [1.807, 2.05) is 13.8 Å². The maximum atomic E-state index is 12.0. The predicted octanol–water partition coefficient (Wildman–Crippen LogP) is 4.32. The van der Waals surface area contributed by atoms with Gasteiger partial charge in [-0.2, -0.15) is 0 Å². The van der Waals surface area contributed by atoms with Crippen molar-refractivity contribution in [2.24, 2.45) is 5.92 Å². The standard InChI is InChI=1S/C19H23N3O3/c1-13(2)11-18(23)20-14-7-9-15(10-8-14)21-19(24)22-16-5-4-6-17(12-16)25-3/h4-10,12-13H,11H2,1-3H3,(H,20,23)(H2,21,22,24). The molecule has 0 unspecified atom stereocenters. The lowest BCUT2D eigenvalue weighted by atomic mass is 10.1. The Balaban J connectivity index is 1.89. The van der Waals surface area contributed by atoms with Crippen LogP contribution >= 0.6 is 0 Å². The minimum Gasteiger partial charge on any atom is -0.497 e. The van der Waals surface area contributed by atoms with Crippen molar-refractivity contribution in [3.63, 3.8) is 0 Å². The lowest BCUT2D eigenvalue weighted by Gasteiger charge is -2.10. The van der Waals surface area contributed by atoms with Gasteiger partial charge in [-0.1, -0.05) is 19.9 Å². The maximum Gasteiger partial charge on any atom is 0.323 e. The molecule has 6 heteroatoms. The van der Waals surface area contributed by atoms with Gasteiger partial charge in [0.15, 0.2) is 0 Å². The molecule has 3 amide bonds. The predicted molar refractivity (Wildman–Crippen MR) is 100 cm³/mol. The first-order valence-electron chi connectivity index (χ1n) is 8.08. The molecule has 0 aliphatic carbocycles. The van der Waals surface area contributed by atoms with Crippen LogP contribution in [-0.2, 0) is 4.79 Å². The Morgan fingerprint density at radius 1 is 0.920 bits per heavy atom. The molecule has 2 aromatic carbocycles. The van der Waals surface area contributed by atoms with Gasteiger partial charge in [0.1, 0.15) is 5.75 Å². The van der Waals surface area contributed by atoms with Gasteiger partial charge in [0, 0.05) is 29.5 Å². The first-order valence-corrected chi connectivity index (χ1v) is 8.08. The second-order valence-corrected chi connectivity index (χ2v) is 6.03. The molecule has 0 aliphatic heterocycles. The van der Waals surface area contributed by atoms with Gasteiger partial charge >= 0.3 is 6.03 Å². The first kappa shape index (κ1) is 18.3. The Morgan fingerprint density at radius 2 is 1.52 bits per heavy atom. The van der Waals surface area contributed by atoms with Crippen LogP contribution in [0.4, 0.5) is 21.9 Å². The van der Waals surface area contributed by atoms with E-state index in [2.05, 4.69) is 16.0 Å². The lowest BCUT2D eigenvalue weighted by Crippen LogP contribution is -2.19. The van der Waals surface area contributed by atoms with Crippen LogP contribution in [0.25, 0.3) is 0 Å². The van der Waals surface area contributed by atoms with Crippen LogP contribution in [-0.4, -0.2) is 19.0 Å². The van der Waals surface area contributed by atoms with Crippen molar-refractivity contribution >= 4 is 29.0 Å². The smallest absolute Gasteiger partial charge is 0.323 e. The molecule has 0 aliphatic rings. The van der Waals surface area contributed by atoms with E-state index in [9.17, 15) is 9.59 Å². The van der Waals surface area contributed by atoms with Gasteiger partial charge in [-0.3, -0.25) is 4.79 Å². The Morgan fingerprint density at radius 3 is 2.12 bits per heavy atom. The summed E-state index contributed by atoms with van der Waals surface area (Å²) in [6, 6.07) is 13.7. The number of rotatable bonds is 6. The summed E-state index contributed by atoms with van der Waals surface area (Å²) in [6.45, 7) is 3.99. The summed E-state index contributed by atoms with van der Waals surface area (Å²) in [5.41, 5.74) is 1.96. The van der Waals surface area contributed by atoms with Crippen LogP contribution in [0.3, 0.4) is 0 Å². The molecule has 3 N–H and O–H groups in total. The molecule has 0 bridgehead atoms. The highest BCUT2D eigenvalue weighted by Gasteiger charge is 2.06. The molecule has 25 heavy (non-hydrogen) atoms. The summed E-state index contributed by atoms with van der Waals surface area (Å²) < 4.78 is 5.12. The van der Waals surface area contributed by atoms with Gasteiger partial charge in [0.25, 0.3) is 0 Å². The number of anilines is 3. The van der Waals surface area contributed by atoms with Crippen molar-refractivity contribution in [2.45, 2.75) is 20.3 Å². The van der Waals surface area contributed by atoms with Crippen LogP contribution < -0.4 is 20.7 Å². The molecular formula is C19H23N3O3. The van der Waals surface area contributed by atoms with Gasteiger partial charge in [0.2, 0.25) is 5.91 Å². The van der Waals surface area contributed by atoms with Gasteiger partial charge in [-0.15, -0.1) is 0 Å². The third-order valence-electron chi connectivity index (χ3n) is 3.35. The monoisotopic (exact) mass is 341 g/mol. The Bertz CT molecular complexity index is 727. The number of carbonyl (C=O) groups excluding carboxylic acids is 2. The highest BCUT2D eigenvalue weighted by atomic mass is 16.5. The molecule has 6 nitrogen and oxygen atoms in total. The van der Waals surface area contributed by atoms with Crippen molar-refractivity contribution in [3.05, 3.63) is 48.5 Å². The Kier molecular flexibility index (Phi) is 6.39. The van der Waals surface area contributed by atoms with Crippen molar-refractivity contribution < 1.29 is 14.3 Å². The average molecular weight is 341 g/mol. The molecule has 0 spiro atoms. The van der Waals surface area contributed by atoms with Crippen LogP contribution in [0.5, 0.6) is 5.75 Å². The van der Waals surface area contributed by atoms with Crippen LogP contribution in [0.2, 0.25) is 0 Å². The number of methoxy groups -OCH3 is 1. The normalized spacial score (nSPS) is 10.2. The molecular weight excluding hydrogens is 318 g/mol. The van der Waals surface area contributed by atoms with Gasteiger partial charge in [-0.05, 0) is 42.3 Å². The summed E-state index contributed by atoms with van der Waals surface area (Å²) in [6.07, 6.45) is 0.475. The summed E-state index contributed by atoms with van der Waals surface area (Å²) in [4.78, 5) is 23.8. The van der Waals surface area contributed by atoms with Crippen molar-refractivity contribution in [1.82, 2.24) is 0 Å². The molecule has 2 rings (SSSR count). The Labute approximate surface area is 147 Å². The van der Waals surface area contributed by atoms with Gasteiger partial charge < -0.3 is 20.7 Å². The third-order valence-corrected chi connectivity index (χ3v) is 3.35. The zero-order valence-electron chi connectivity index (χ0n) is 14.6. The zero-order valence-corrected chi connectivity index (χ0v) is 14.6. The van der Waals surface area contributed by atoms with E-state index in [4.69, 9.17) is 4.74 Å². The van der Waals surface area contributed by atoms with Crippen LogP contribution in [0, 0.1) is 5.92 Å². The summed E-state index contributed by atoms with van der Waals surface area (Å²) in [5, 5.41) is 8.30. The summed E-state index contributed by atoms with van der Waals surface area (Å²) in [7, 11) is 1.57. The molecule has 0 atom stereocenters. The van der Waals surface area contributed by atoms with E-state index in [1.54, 1.807) is 55.6 Å². The van der Waals surface area contributed by atoms with Crippen molar-refractivity contribution in [2.75, 3.05) is 23.1 Å². The van der Waals surface area contributed by atoms with Crippen LogP contribution in [0.15, 0.2) is 48.5 Å². The number of hydrogen-bond donors (Lipinski definition) is 3. The molecule has 0 aromatic heterocycles. The van der Waals surface area contributed by atoms with E-state index >= 15 is 0 Å². The molecule has 0 heterocycles. The summed E-state index contributed by atoms with van der Waals surface area (Å²) in [5.74, 6) is 0.951. The zero-order chi connectivity index (χ0) is 18.2. The van der Waals surface area contributed by atoms with Crippen molar-refractivity contribution in [1.29, 1.82) is 0 Å². The topological polar surface area (TPSA) is 79.5 Å². The maximum absolute atomic E-state index is 12.0. The minimum atomic E-state index is -0.357. The SMILES string of the molecule is COc1cccc(NC(=O)Nc2ccc(NC(=O)CC(C)C)cc2)c1.